The number of nitrogens with zero attached hydrogens (tertiary/aromatic N) is 4. The molecular formula is C26H34N4O3S. The number of aromatic nitrogens is 2. The monoisotopic (exact) mass is 482 g/mol. The maximum atomic E-state index is 13.2. The SMILES string of the molecule is CCCc1ccc(S(=O)(=O)N2CCC(c3ccn4ncc(C(=O)N(CC)CC)c4c3)CC2)cc1. The van der Waals surface area contributed by atoms with Gasteiger partial charge in [0.05, 0.1) is 22.2 Å². The molecule has 0 atom stereocenters. The van der Waals surface area contributed by atoms with E-state index in [0.29, 0.717) is 36.6 Å². The number of aryl methyl sites for hydroxylation is 1. The zero-order chi connectivity index (χ0) is 24.3. The fourth-order valence-corrected chi connectivity index (χ4v) is 6.26. The van der Waals surface area contributed by atoms with Crippen LogP contribution in [0.5, 0.6) is 0 Å². The first kappa shape index (κ1) is 24.4. The molecule has 3 aromatic rings. The van der Waals surface area contributed by atoms with E-state index in [2.05, 4.69) is 12.0 Å². The number of carbonyl (C=O) groups is 1. The van der Waals surface area contributed by atoms with Crippen LogP contribution < -0.4 is 0 Å². The Bertz CT molecular complexity index is 1240. The van der Waals surface area contributed by atoms with E-state index >= 15 is 0 Å². The summed E-state index contributed by atoms with van der Waals surface area (Å²) < 4.78 is 29.6. The molecular weight excluding hydrogens is 448 g/mol. The molecule has 4 rings (SSSR count). The van der Waals surface area contributed by atoms with Gasteiger partial charge in [-0.2, -0.15) is 9.40 Å². The van der Waals surface area contributed by atoms with E-state index in [1.807, 2.05) is 44.3 Å². The smallest absolute Gasteiger partial charge is 0.257 e. The van der Waals surface area contributed by atoms with Crippen LogP contribution in [0, 0.1) is 0 Å². The average molecular weight is 483 g/mol. The van der Waals surface area contributed by atoms with Crippen LogP contribution in [-0.4, -0.2) is 59.3 Å². The first-order valence-corrected chi connectivity index (χ1v) is 13.7. The number of sulfonamides is 1. The molecule has 0 saturated carbocycles. The zero-order valence-electron chi connectivity index (χ0n) is 20.3. The lowest BCUT2D eigenvalue weighted by molar-refractivity contribution is 0.0775. The van der Waals surface area contributed by atoms with E-state index in [4.69, 9.17) is 0 Å². The lowest BCUT2D eigenvalue weighted by Gasteiger charge is -2.31. The van der Waals surface area contributed by atoms with Crippen LogP contribution in [0.1, 0.15) is 67.4 Å². The van der Waals surface area contributed by atoms with Gasteiger partial charge < -0.3 is 4.90 Å². The maximum absolute atomic E-state index is 13.2. The molecule has 182 valence electrons. The van der Waals surface area contributed by atoms with Gasteiger partial charge in [-0.3, -0.25) is 4.79 Å². The Morgan fingerprint density at radius 3 is 2.35 bits per heavy atom. The molecule has 1 saturated heterocycles. The van der Waals surface area contributed by atoms with Crippen molar-refractivity contribution < 1.29 is 13.2 Å². The molecule has 0 spiro atoms. The highest BCUT2D eigenvalue weighted by molar-refractivity contribution is 7.89. The van der Waals surface area contributed by atoms with E-state index in [1.54, 1.807) is 32.1 Å². The van der Waals surface area contributed by atoms with Crippen LogP contribution >= 0.6 is 0 Å². The summed E-state index contributed by atoms with van der Waals surface area (Å²) in [6.07, 6.45) is 7.02. The highest BCUT2D eigenvalue weighted by Gasteiger charge is 2.30. The number of rotatable bonds is 8. The Balaban J connectivity index is 1.49. The molecule has 0 bridgehead atoms. The van der Waals surface area contributed by atoms with Gasteiger partial charge in [-0.15, -0.1) is 0 Å². The van der Waals surface area contributed by atoms with Crippen molar-refractivity contribution in [3.05, 3.63) is 65.5 Å². The van der Waals surface area contributed by atoms with Crippen LogP contribution in [0.15, 0.2) is 53.7 Å². The molecule has 3 heterocycles. The summed E-state index contributed by atoms with van der Waals surface area (Å²) in [7, 11) is -3.49. The molecule has 0 aliphatic carbocycles. The summed E-state index contributed by atoms with van der Waals surface area (Å²) in [6.45, 7) is 8.34. The summed E-state index contributed by atoms with van der Waals surface area (Å²) in [4.78, 5) is 15.1. The van der Waals surface area contributed by atoms with Gasteiger partial charge in [0.2, 0.25) is 10.0 Å². The molecule has 34 heavy (non-hydrogen) atoms. The fraction of sp³-hybridized carbons (Fsp3) is 0.462. The first-order valence-electron chi connectivity index (χ1n) is 12.2. The molecule has 0 N–H and O–H groups in total. The maximum Gasteiger partial charge on any atom is 0.257 e. The van der Waals surface area contributed by atoms with Crippen molar-refractivity contribution in [2.24, 2.45) is 0 Å². The molecule has 1 fully saturated rings. The molecule has 8 heteroatoms. The van der Waals surface area contributed by atoms with Gasteiger partial charge >= 0.3 is 0 Å². The van der Waals surface area contributed by atoms with Crippen molar-refractivity contribution in [1.82, 2.24) is 18.8 Å². The van der Waals surface area contributed by atoms with Crippen LogP contribution in [0.4, 0.5) is 0 Å². The molecule has 1 aromatic carbocycles. The van der Waals surface area contributed by atoms with Crippen molar-refractivity contribution in [2.75, 3.05) is 26.2 Å². The average Bonchev–Trinajstić information content (AvgIpc) is 3.29. The van der Waals surface area contributed by atoms with Crippen molar-refractivity contribution >= 4 is 21.4 Å². The number of amides is 1. The molecule has 7 nitrogen and oxygen atoms in total. The van der Waals surface area contributed by atoms with Crippen LogP contribution in [0.3, 0.4) is 0 Å². The van der Waals surface area contributed by atoms with E-state index in [-0.39, 0.29) is 11.8 Å². The standard InChI is InChI=1S/C26H34N4O3S/c1-4-7-20-8-10-23(11-9-20)34(32,33)29-15-12-21(13-16-29)22-14-17-30-25(18-22)24(19-27-30)26(31)28(5-2)6-3/h8-11,14,17-19,21H,4-7,12-13,15-16H2,1-3H3. The topological polar surface area (TPSA) is 75.0 Å². The number of fused-ring (bicyclic) bond motifs is 1. The van der Waals surface area contributed by atoms with Crippen LogP contribution in [-0.2, 0) is 16.4 Å². The van der Waals surface area contributed by atoms with Crippen molar-refractivity contribution in [3.63, 3.8) is 0 Å². The zero-order valence-corrected chi connectivity index (χ0v) is 21.1. The largest absolute Gasteiger partial charge is 0.339 e. The lowest BCUT2D eigenvalue weighted by Crippen LogP contribution is -2.37. The number of carbonyl (C=O) groups excluding carboxylic acids is 1. The minimum atomic E-state index is -3.49. The van der Waals surface area contributed by atoms with Gasteiger partial charge in [0, 0.05) is 32.4 Å². The number of hydrogen-bond donors (Lipinski definition) is 0. The molecule has 1 aliphatic heterocycles. The summed E-state index contributed by atoms with van der Waals surface area (Å²) in [5, 5.41) is 4.35. The number of hydrogen-bond acceptors (Lipinski definition) is 4. The minimum absolute atomic E-state index is 0.0111. The van der Waals surface area contributed by atoms with Gasteiger partial charge in [-0.1, -0.05) is 25.5 Å². The minimum Gasteiger partial charge on any atom is -0.339 e. The summed E-state index contributed by atoms with van der Waals surface area (Å²) >= 11 is 0. The third kappa shape index (κ3) is 4.74. The highest BCUT2D eigenvalue weighted by Crippen LogP contribution is 2.32. The Hall–Kier alpha value is -2.71. The fourth-order valence-electron chi connectivity index (χ4n) is 4.79. The summed E-state index contributed by atoms with van der Waals surface area (Å²) in [6, 6.07) is 11.4. The Labute approximate surface area is 202 Å². The van der Waals surface area contributed by atoms with Gasteiger partial charge in [0.1, 0.15) is 0 Å². The quantitative estimate of drug-likeness (QED) is 0.479. The Kier molecular flexibility index (Phi) is 7.38. The molecule has 2 aromatic heterocycles. The van der Waals surface area contributed by atoms with Crippen molar-refractivity contribution in [3.8, 4) is 0 Å². The Morgan fingerprint density at radius 2 is 1.74 bits per heavy atom. The van der Waals surface area contributed by atoms with Gasteiger partial charge in [-0.05, 0) is 74.4 Å². The Morgan fingerprint density at radius 1 is 1.06 bits per heavy atom. The molecule has 0 unspecified atom stereocenters. The predicted octanol–water partition coefficient (Wildman–Crippen LogP) is 4.34. The van der Waals surface area contributed by atoms with Crippen molar-refractivity contribution in [1.29, 1.82) is 0 Å². The van der Waals surface area contributed by atoms with Crippen LogP contribution in [0.25, 0.3) is 5.52 Å². The van der Waals surface area contributed by atoms with E-state index in [1.165, 1.54) is 0 Å². The van der Waals surface area contributed by atoms with E-state index in [9.17, 15) is 13.2 Å². The molecule has 1 aliphatic rings. The third-order valence-corrected chi connectivity index (χ3v) is 8.76. The summed E-state index contributed by atoms with van der Waals surface area (Å²) in [5.74, 6) is 0.234. The normalized spacial score (nSPS) is 15.6. The number of benzene rings is 1. The molecule has 1 amide bonds. The second-order valence-electron chi connectivity index (χ2n) is 8.90. The predicted molar refractivity (Wildman–Crippen MR) is 134 cm³/mol. The van der Waals surface area contributed by atoms with Crippen molar-refractivity contribution in [2.45, 2.75) is 57.3 Å². The van der Waals surface area contributed by atoms with E-state index in [0.717, 1.165) is 42.3 Å². The summed E-state index contributed by atoms with van der Waals surface area (Å²) in [5.41, 5.74) is 3.70. The highest BCUT2D eigenvalue weighted by atomic mass is 32.2. The van der Waals surface area contributed by atoms with Gasteiger partial charge in [0.25, 0.3) is 5.91 Å². The molecule has 0 radical (unpaired) electrons. The third-order valence-electron chi connectivity index (χ3n) is 6.85. The van der Waals surface area contributed by atoms with Gasteiger partial charge in [-0.25, -0.2) is 12.9 Å². The number of piperidine rings is 1. The van der Waals surface area contributed by atoms with Gasteiger partial charge in [0.15, 0.2) is 0 Å². The van der Waals surface area contributed by atoms with Crippen LogP contribution in [0.2, 0.25) is 0 Å². The second-order valence-corrected chi connectivity index (χ2v) is 10.8. The second kappa shape index (κ2) is 10.3. The number of pyridine rings is 1. The first-order chi connectivity index (χ1) is 16.4. The van der Waals surface area contributed by atoms with E-state index < -0.39 is 10.0 Å². The lowest BCUT2D eigenvalue weighted by atomic mass is 9.90.